The van der Waals surface area contributed by atoms with E-state index in [0.717, 1.165) is 39.8 Å². The van der Waals surface area contributed by atoms with Gasteiger partial charge in [-0.2, -0.15) is 0 Å². The molecular formula is C47H34N4. The van der Waals surface area contributed by atoms with Crippen molar-refractivity contribution in [1.82, 2.24) is 4.57 Å². The standard InChI is InChI=1S/C47H34N4/c1-48-46(37-24-25-41-38(28-37)27-35-17-8-9-20-40(35)41)50-47(49-31-32-13-4-2-5-14-32)36-18-12-19-39(29-36)51-44-22-11-10-21-42(44)43-26-23-34(30-45(43)51)33-15-6-3-7-16-33/h2-26,28-30H,1,27,31H2. The van der Waals surface area contributed by atoms with E-state index >= 15 is 0 Å². The molecule has 1 aliphatic carbocycles. The van der Waals surface area contributed by atoms with Gasteiger partial charge >= 0.3 is 0 Å². The molecule has 0 saturated carbocycles. The van der Waals surface area contributed by atoms with Gasteiger partial charge in [-0.25, -0.2) is 9.98 Å². The molecule has 8 aromatic rings. The highest BCUT2D eigenvalue weighted by Gasteiger charge is 2.20. The molecule has 0 radical (unpaired) electrons. The number of benzene rings is 7. The van der Waals surface area contributed by atoms with Crippen molar-refractivity contribution in [3.05, 3.63) is 198 Å². The average molecular weight is 655 g/mol. The third-order valence-corrected chi connectivity index (χ3v) is 9.81. The Bertz CT molecular complexity index is 2650. The van der Waals surface area contributed by atoms with Crippen LogP contribution in [0, 0.1) is 0 Å². The summed E-state index contributed by atoms with van der Waals surface area (Å²) in [6.07, 6.45) is 0.894. The Balaban J connectivity index is 1.17. The number of amidine groups is 2. The Morgan fingerprint density at radius 2 is 1.25 bits per heavy atom. The van der Waals surface area contributed by atoms with Crippen molar-refractivity contribution >= 4 is 40.2 Å². The van der Waals surface area contributed by atoms with Crippen LogP contribution in [0.2, 0.25) is 0 Å². The van der Waals surface area contributed by atoms with Crippen molar-refractivity contribution in [1.29, 1.82) is 0 Å². The van der Waals surface area contributed by atoms with Crippen molar-refractivity contribution in [3.8, 4) is 27.9 Å². The van der Waals surface area contributed by atoms with Crippen molar-refractivity contribution in [2.45, 2.75) is 13.0 Å². The highest BCUT2D eigenvalue weighted by Crippen LogP contribution is 2.37. The second-order valence-corrected chi connectivity index (χ2v) is 12.9. The molecule has 7 aromatic carbocycles. The number of hydrogen-bond acceptors (Lipinski definition) is 1. The summed E-state index contributed by atoms with van der Waals surface area (Å²) in [7, 11) is 0. The highest BCUT2D eigenvalue weighted by atomic mass is 15.0. The van der Waals surface area contributed by atoms with Crippen LogP contribution in [0.5, 0.6) is 0 Å². The molecule has 1 aromatic heterocycles. The van der Waals surface area contributed by atoms with Crippen LogP contribution in [0.25, 0.3) is 49.7 Å². The molecule has 1 heterocycles. The van der Waals surface area contributed by atoms with Gasteiger partial charge in [0.1, 0.15) is 0 Å². The zero-order valence-electron chi connectivity index (χ0n) is 28.1. The Morgan fingerprint density at radius 1 is 0.529 bits per heavy atom. The lowest BCUT2D eigenvalue weighted by atomic mass is 10.0. The number of aromatic nitrogens is 1. The molecule has 1 aliphatic rings. The summed E-state index contributed by atoms with van der Waals surface area (Å²) in [5.74, 6) is 1.16. The number of fused-ring (bicyclic) bond motifs is 6. The summed E-state index contributed by atoms with van der Waals surface area (Å²) >= 11 is 0. The van der Waals surface area contributed by atoms with Gasteiger partial charge < -0.3 is 4.57 Å². The molecule has 4 nitrogen and oxygen atoms in total. The summed E-state index contributed by atoms with van der Waals surface area (Å²) < 4.78 is 2.35. The van der Waals surface area contributed by atoms with E-state index in [1.165, 1.54) is 44.2 Å². The summed E-state index contributed by atoms with van der Waals surface area (Å²) in [4.78, 5) is 14.7. The first kappa shape index (κ1) is 30.4. The fourth-order valence-corrected chi connectivity index (χ4v) is 7.36. The smallest absolute Gasteiger partial charge is 0.161 e. The molecule has 51 heavy (non-hydrogen) atoms. The molecule has 0 atom stereocenters. The van der Waals surface area contributed by atoms with Crippen LogP contribution in [0.15, 0.2) is 185 Å². The number of para-hydroxylation sites is 1. The van der Waals surface area contributed by atoms with Crippen LogP contribution >= 0.6 is 0 Å². The van der Waals surface area contributed by atoms with Gasteiger partial charge in [-0.1, -0.05) is 140 Å². The fourth-order valence-electron chi connectivity index (χ4n) is 7.36. The van der Waals surface area contributed by atoms with Crippen LogP contribution in [-0.4, -0.2) is 23.0 Å². The van der Waals surface area contributed by atoms with Crippen LogP contribution in [-0.2, 0) is 13.0 Å². The normalized spacial score (nSPS) is 12.6. The minimum Gasteiger partial charge on any atom is -0.309 e. The third kappa shape index (κ3) is 5.67. The maximum atomic E-state index is 5.15. The summed E-state index contributed by atoms with van der Waals surface area (Å²) in [6.45, 7) is 4.44. The van der Waals surface area contributed by atoms with E-state index < -0.39 is 0 Å². The molecule has 0 N–H and O–H groups in total. The molecule has 0 saturated heterocycles. The van der Waals surface area contributed by atoms with E-state index in [1.807, 2.05) is 18.2 Å². The van der Waals surface area contributed by atoms with E-state index in [4.69, 9.17) is 9.98 Å². The van der Waals surface area contributed by atoms with Gasteiger partial charge in [-0.15, -0.1) is 0 Å². The minimum absolute atomic E-state index is 0.490. The first-order valence-electron chi connectivity index (χ1n) is 17.3. The number of hydrogen-bond donors (Lipinski definition) is 0. The van der Waals surface area contributed by atoms with Crippen LogP contribution < -0.4 is 0 Å². The molecule has 0 aliphatic heterocycles. The molecule has 242 valence electrons. The minimum atomic E-state index is 0.490. The first-order valence-corrected chi connectivity index (χ1v) is 17.3. The summed E-state index contributed by atoms with van der Waals surface area (Å²) in [5.41, 5.74) is 13.8. The SMILES string of the molecule is C=NC(=NC(=NCc1ccccc1)c1cccc(-n2c3ccccc3c3ccc(-c4ccccc4)cc32)c1)c1ccc2c(c1)Cc1ccccc1-2. The van der Waals surface area contributed by atoms with Gasteiger partial charge in [0.2, 0.25) is 0 Å². The largest absolute Gasteiger partial charge is 0.309 e. The predicted octanol–water partition coefficient (Wildman–Crippen LogP) is 11.1. The van der Waals surface area contributed by atoms with Gasteiger partial charge in [-0.3, -0.25) is 4.99 Å². The average Bonchev–Trinajstić information content (AvgIpc) is 3.74. The number of aliphatic imine (C=N–C) groups is 3. The van der Waals surface area contributed by atoms with Crippen molar-refractivity contribution in [3.63, 3.8) is 0 Å². The van der Waals surface area contributed by atoms with Gasteiger partial charge in [0.05, 0.1) is 17.6 Å². The predicted molar refractivity (Wildman–Crippen MR) is 214 cm³/mol. The maximum Gasteiger partial charge on any atom is 0.161 e. The lowest BCUT2D eigenvalue weighted by molar-refractivity contribution is 1.06. The fraction of sp³-hybridized carbons (Fsp3) is 0.0426. The molecular weight excluding hydrogens is 621 g/mol. The monoisotopic (exact) mass is 654 g/mol. The van der Waals surface area contributed by atoms with Gasteiger partial charge in [-0.05, 0) is 82.4 Å². The Labute approximate surface area is 297 Å². The molecule has 0 bridgehead atoms. The maximum absolute atomic E-state index is 5.15. The van der Waals surface area contributed by atoms with E-state index in [-0.39, 0.29) is 0 Å². The molecule has 0 unspecified atom stereocenters. The zero-order valence-corrected chi connectivity index (χ0v) is 28.1. The molecule has 0 spiro atoms. The quantitative estimate of drug-likeness (QED) is 0.126. The second kappa shape index (κ2) is 13.0. The van der Waals surface area contributed by atoms with E-state index in [1.54, 1.807) is 0 Å². The zero-order chi connectivity index (χ0) is 34.1. The van der Waals surface area contributed by atoms with Gasteiger partial charge in [0.15, 0.2) is 11.7 Å². The van der Waals surface area contributed by atoms with E-state index in [9.17, 15) is 0 Å². The second-order valence-electron chi connectivity index (χ2n) is 12.9. The van der Waals surface area contributed by atoms with Crippen molar-refractivity contribution < 1.29 is 0 Å². The van der Waals surface area contributed by atoms with Crippen molar-refractivity contribution in [2.24, 2.45) is 15.0 Å². The van der Waals surface area contributed by atoms with E-state index in [2.05, 4.69) is 168 Å². The van der Waals surface area contributed by atoms with E-state index in [0.29, 0.717) is 18.2 Å². The molecule has 4 heteroatoms. The van der Waals surface area contributed by atoms with Gasteiger partial charge in [0.25, 0.3) is 0 Å². The molecule has 0 fully saturated rings. The topological polar surface area (TPSA) is 42.0 Å². The Kier molecular flexibility index (Phi) is 7.75. The highest BCUT2D eigenvalue weighted by molar-refractivity contribution is 6.14. The van der Waals surface area contributed by atoms with Crippen molar-refractivity contribution in [2.75, 3.05) is 0 Å². The molecule has 9 rings (SSSR count). The van der Waals surface area contributed by atoms with Crippen LogP contribution in [0.4, 0.5) is 0 Å². The Hall–Kier alpha value is -6.65. The van der Waals surface area contributed by atoms with Crippen LogP contribution in [0.3, 0.4) is 0 Å². The molecule has 0 amide bonds. The third-order valence-electron chi connectivity index (χ3n) is 9.81. The lowest BCUT2D eigenvalue weighted by Crippen LogP contribution is -2.07. The summed E-state index contributed by atoms with van der Waals surface area (Å²) in [6, 6.07) is 59.8. The Morgan fingerprint density at radius 3 is 2.12 bits per heavy atom. The first-order chi connectivity index (χ1) is 25.2. The number of rotatable bonds is 6. The van der Waals surface area contributed by atoms with Gasteiger partial charge in [0, 0.05) is 27.6 Å². The summed E-state index contributed by atoms with van der Waals surface area (Å²) in [5, 5.41) is 2.42. The number of nitrogens with zero attached hydrogens (tertiary/aromatic N) is 4. The lowest BCUT2D eigenvalue weighted by Gasteiger charge is -2.12. The van der Waals surface area contributed by atoms with Crippen LogP contribution in [0.1, 0.15) is 27.8 Å².